The third-order valence-electron chi connectivity index (χ3n) is 4.27. The SMILES string of the molecule is c1cnc(N[C@H]2CCN(Cc3cc4n(n3)CCC4)C2)nc1. The smallest absolute Gasteiger partial charge is 0.222 e. The first-order valence-electron chi connectivity index (χ1n) is 7.68. The lowest BCUT2D eigenvalue weighted by Crippen LogP contribution is -2.26. The van der Waals surface area contributed by atoms with E-state index in [2.05, 4.69) is 30.9 Å². The van der Waals surface area contributed by atoms with E-state index in [1.54, 1.807) is 12.4 Å². The molecule has 21 heavy (non-hydrogen) atoms. The lowest BCUT2D eigenvalue weighted by atomic mass is 10.2. The molecule has 0 radical (unpaired) electrons. The van der Waals surface area contributed by atoms with Crippen molar-refractivity contribution in [2.75, 3.05) is 18.4 Å². The van der Waals surface area contributed by atoms with Crippen molar-refractivity contribution in [3.63, 3.8) is 0 Å². The van der Waals surface area contributed by atoms with Crippen molar-refractivity contribution < 1.29 is 0 Å². The highest BCUT2D eigenvalue weighted by molar-refractivity contribution is 5.25. The minimum Gasteiger partial charge on any atom is -0.350 e. The van der Waals surface area contributed by atoms with Gasteiger partial charge in [-0.1, -0.05) is 0 Å². The lowest BCUT2D eigenvalue weighted by molar-refractivity contribution is 0.322. The largest absolute Gasteiger partial charge is 0.350 e. The molecule has 2 aromatic rings. The number of rotatable bonds is 4. The second-order valence-electron chi connectivity index (χ2n) is 5.89. The fourth-order valence-corrected chi connectivity index (χ4v) is 3.28. The number of aromatic nitrogens is 4. The van der Waals surface area contributed by atoms with Crippen LogP contribution in [0, 0.1) is 0 Å². The van der Waals surface area contributed by atoms with Gasteiger partial charge in [0.25, 0.3) is 0 Å². The highest BCUT2D eigenvalue weighted by atomic mass is 15.3. The number of aryl methyl sites for hydroxylation is 2. The summed E-state index contributed by atoms with van der Waals surface area (Å²) in [4.78, 5) is 10.9. The summed E-state index contributed by atoms with van der Waals surface area (Å²) in [5, 5.41) is 8.10. The average Bonchev–Trinajstić information content (AvgIpc) is 3.17. The fraction of sp³-hybridized carbons (Fsp3) is 0.533. The van der Waals surface area contributed by atoms with Gasteiger partial charge in [-0.15, -0.1) is 0 Å². The van der Waals surface area contributed by atoms with E-state index in [0.29, 0.717) is 6.04 Å². The molecule has 1 fully saturated rings. The zero-order chi connectivity index (χ0) is 14.1. The Hall–Kier alpha value is -1.95. The molecular formula is C15H20N6. The second kappa shape index (κ2) is 5.44. The van der Waals surface area contributed by atoms with Gasteiger partial charge in [-0.2, -0.15) is 5.10 Å². The number of anilines is 1. The molecule has 0 spiro atoms. The molecule has 6 heteroatoms. The molecule has 4 heterocycles. The molecule has 4 rings (SSSR count). The van der Waals surface area contributed by atoms with Gasteiger partial charge in [0.1, 0.15) is 0 Å². The number of nitrogens with one attached hydrogen (secondary N) is 1. The summed E-state index contributed by atoms with van der Waals surface area (Å²) in [6.45, 7) is 4.17. The summed E-state index contributed by atoms with van der Waals surface area (Å²) < 4.78 is 2.17. The van der Waals surface area contributed by atoms with Crippen molar-refractivity contribution in [3.05, 3.63) is 35.9 Å². The van der Waals surface area contributed by atoms with Crippen molar-refractivity contribution in [1.29, 1.82) is 0 Å². The quantitative estimate of drug-likeness (QED) is 0.917. The van der Waals surface area contributed by atoms with Gasteiger partial charge in [0.15, 0.2) is 0 Å². The third kappa shape index (κ3) is 2.76. The van der Waals surface area contributed by atoms with Crippen molar-refractivity contribution in [2.24, 2.45) is 0 Å². The van der Waals surface area contributed by atoms with Crippen LogP contribution in [0.15, 0.2) is 24.5 Å². The van der Waals surface area contributed by atoms with Crippen LogP contribution in [-0.4, -0.2) is 43.8 Å². The summed E-state index contributed by atoms with van der Waals surface area (Å²) in [6, 6.07) is 4.54. The van der Waals surface area contributed by atoms with Gasteiger partial charge in [0, 0.05) is 50.3 Å². The molecule has 0 bridgehead atoms. The van der Waals surface area contributed by atoms with Gasteiger partial charge >= 0.3 is 0 Å². The van der Waals surface area contributed by atoms with E-state index >= 15 is 0 Å². The van der Waals surface area contributed by atoms with Crippen molar-refractivity contribution in [3.8, 4) is 0 Å². The van der Waals surface area contributed by atoms with Crippen LogP contribution >= 0.6 is 0 Å². The van der Waals surface area contributed by atoms with E-state index in [1.165, 1.54) is 24.2 Å². The van der Waals surface area contributed by atoms with Crippen LogP contribution in [0.4, 0.5) is 5.95 Å². The predicted molar refractivity (Wildman–Crippen MR) is 79.9 cm³/mol. The first-order chi connectivity index (χ1) is 10.4. The molecule has 2 aliphatic heterocycles. The van der Waals surface area contributed by atoms with Gasteiger partial charge in [0.05, 0.1) is 5.69 Å². The molecule has 0 saturated carbocycles. The van der Waals surface area contributed by atoms with Crippen LogP contribution in [0.5, 0.6) is 0 Å². The highest BCUT2D eigenvalue weighted by Crippen LogP contribution is 2.19. The minimum absolute atomic E-state index is 0.432. The van der Waals surface area contributed by atoms with Crippen LogP contribution < -0.4 is 5.32 Å². The Kier molecular flexibility index (Phi) is 3.31. The van der Waals surface area contributed by atoms with Gasteiger partial charge in [-0.3, -0.25) is 9.58 Å². The Morgan fingerprint density at radius 3 is 3.00 bits per heavy atom. The third-order valence-corrected chi connectivity index (χ3v) is 4.27. The van der Waals surface area contributed by atoms with Gasteiger partial charge in [-0.05, 0) is 31.4 Å². The number of fused-ring (bicyclic) bond motifs is 1. The zero-order valence-corrected chi connectivity index (χ0v) is 12.1. The normalized spacial score (nSPS) is 21.6. The lowest BCUT2D eigenvalue weighted by Gasteiger charge is -2.15. The molecule has 2 aliphatic rings. The van der Waals surface area contributed by atoms with Crippen LogP contribution in [0.3, 0.4) is 0 Å². The Morgan fingerprint density at radius 1 is 1.24 bits per heavy atom. The average molecular weight is 284 g/mol. The standard InChI is InChI=1S/C15H20N6/c1-3-14-9-13(19-21(14)7-1)11-20-8-4-12(10-20)18-15-16-5-2-6-17-15/h2,5-6,9,12H,1,3-4,7-8,10-11H2,(H,16,17,18)/t12-/m0/s1. The van der Waals surface area contributed by atoms with E-state index in [0.717, 1.165) is 38.5 Å². The monoisotopic (exact) mass is 284 g/mol. The summed E-state index contributed by atoms with van der Waals surface area (Å²) in [6.07, 6.45) is 7.10. The van der Waals surface area contributed by atoms with E-state index < -0.39 is 0 Å². The molecule has 6 nitrogen and oxygen atoms in total. The van der Waals surface area contributed by atoms with Crippen LogP contribution in [-0.2, 0) is 19.5 Å². The summed E-state index contributed by atoms with van der Waals surface area (Å²) in [5.74, 6) is 0.727. The van der Waals surface area contributed by atoms with E-state index in [4.69, 9.17) is 5.10 Å². The Bertz CT molecular complexity index is 586. The number of hydrogen-bond acceptors (Lipinski definition) is 5. The molecule has 0 unspecified atom stereocenters. The van der Waals surface area contributed by atoms with Crippen LogP contribution in [0.1, 0.15) is 24.2 Å². The van der Waals surface area contributed by atoms with Crippen molar-refractivity contribution in [2.45, 2.75) is 38.4 Å². The number of nitrogens with zero attached hydrogens (tertiary/aromatic N) is 5. The zero-order valence-electron chi connectivity index (χ0n) is 12.1. The van der Waals surface area contributed by atoms with E-state index in [9.17, 15) is 0 Å². The molecule has 1 saturated heterocycles. The van der Waals surface area contributed by atoms with Gasteiger partial charge < -0.3 is 5.32 Å². The maximum Gasteiger partial charge on any atom is 0.222 e. The topological polar surface area (TPSA) is 58.9 Å². The first-order valence-corrected chi connectivity index (χ1v) is 7.68. The first kappa shape index (κ1) is 12.8. The fourth-order valence-electron chi connectivity index (χ4n) is 3.28. The molecule has 0 amide bonds. The van der Waals surface area contributed by atoms with E-state index in [1.807, 2.05) is 6.07 Å². The molecule has 0 aromatic carbocycles. The maximum absolute atomic E-state index is 4.69. The Labute approximate surface area is 124 Å². The molecule has 2 aromatic heterocycles. The molecule has 1 atom stereocenters. The molecule has 110 valence electrons. The molecular weight excluding hydrogens is 264 g/mol. The van der Waals surface area contributed by atoms with Gasteiger partial charge in [0.2, 0.25) is 5.95 Å². The number of likely N-dealkylation sites (tertiary alicyclic amines) is 1. The Balaban J connectivity index is 1.33. The van der Waals surface area contributed by atoms with Crippen LogP contribution in [0.2, 0.25) is 0 Å². The summed E-state index contributed by atoms with van der Waals surface area (Å²) in [5.41, 5.74) is 2.61. The van der Waals surface area contributed by atoms with Crippen molar-refractivity contribution in [1.82, 2.24) is 24.6 Å². The van der Waals surface area contributed by atoms with Gasteiger partial charge in [-0.25, -0.2) is 9.97 Å². The minimum atomic E-state index is 0.432. The number of hydrogen-bond donors (Lipinski definition) is 1. The van der Waals surface area contributed by atoms with Crippen LogP contribution in [0.25, 0.3) is 0 Å². The van der Waals surface area contributed by atoms with Crippen molar-refractivity contribution >= 4 is 5.95 Å². The Morgan fingerprint density at radius 2 is 2.14 bits per heavy atom. The van der Waals surface area contributed by atoms with E-state index in [-0.39, 0.29) is 0 Å². The summed E-state index contributed by atoms with van der Waals surface area (Å²) >= 11 is 0. The predicted octanol–water partition coefficient (Wildman–Crippen LogP) is 1.31. The molecule has 0 aliphatic carbocycles. The molecule has 1 N–H and O–H groups in total. The maximum atomic E-state index is 4.69. The highest BCUT2D eigenvalue weighted by Gasteiger charge is 2.24. The second-order valence-corrected chi connectivity index (χ2v) is 5.89. The summed E-state index contributed by atoms with van der Waals surface area (Å²) in [7, 11) is 0.